The molecule has 0 saturated carbocycles. The molecule has 2 aliphatic rings. The Morgan fingerprint density at radius 1 is 1.17 bits per heavy atom. The van der Waals surface area contributed by atoms with Crippen LogP contribution in [0.15, 0.2) is 47.5 Å². The monoisotopic (exact) mass is 328 g/mol. The standard InChI is InChI=1S/C19H24N2O3/c1-6-20-7-2-16(1)14-23-18-11-19(24-15-18)4-8-21(9-5-19)12-17-3-10-22-13-17/h1-3,6-7,10,13,18H,4-5,8-9,11-12,14-15H2/t18-/m0/s1. The molecule has 24 heavy (non-hydrogen) atoms. The molecule has 0 bridgehead atoms. The topological polar surface area (TPSA) is 47.7 Å². The van der Waals surface area contributed by atoms with Crippen LogP contribution < -0.4 is 0 Å². The van der Waals surface area contributed by atoms with Crippen molar-refractivity contribution in [3.8, 4) is 0 Å². The van der Waals surface area contributed by atoms with Crippen molar-refractivity contribution in [1.29, 1.82) is 0 Å². The first-order valence-corrected chi connectivity index (χ1v) is 8.69. The molecule has 2 aromatic heterocycles. The molecule has 4 heterocycles. The third-order valence-electron chi connectivity index (χ3n) is 5.16. The first kappa shape index (κ1) is 15.8. The van der Waals surface area contributed by atoms with Gasteiger partial charge in [-0.3, -0.25) is 9.88 Å². The fourth-order valence-electron chi connectivity index (χ4n) is 3.71. The number of aromatic nitrogens is 1. The van der Waals surface area contributed by atoms with E-state index in [9.17, 15) is 0 Å². The van der Waals surface area contributed by atoms with Gasteiger partial charge in [0.1, 0.15) is 0 Å². The minimum absolute atomic E-state index is 0.0236. The number of likely N-dealkylation sites (tertiary alicyclic amines) is 1. The molecule has 0 radical (unpaired) electrons. The number of hydrogen-bond donors (Lipinski definition) is 0. The van der Waals surface area contributed by atoms with Gasteiger partial charge in [-0.05, 0) is 36.6 Å². The SMILES string of the molecule is c1cc(CO[C@@H]2COC3(CCN(Cc4ccoc4)CC3)C2)ccn1. The van der Waals surface area contributed by atoms with Crippen LogP contribution >= 0.6 is 0 Å². The molecule has 2 fully saturated rings. The van der Waals surface area contributed by atoms with E-state index in [0.717, 1.165) is 38.9 Å². The van der Waals surface area contributed by atoms with E-state index < -0.39 is 0 Å². The summed E-state index contributed by atoms with van der Waals surface area (Å²) in [7, 11) is 0. The van der Waals surface area contributed by atoms with Crippen LogP contribution in [0.2, 0.25) is 0 Å². The summed E-state index contributed by atoms with van der Waals surface area (Å²) in [5.41, 5.74) is 2.44. The summed E-state index contributed by atoms with van der Waals surface area (Å²) in [6, 6.07) is 6.04. The molecule has 0 aromatic carbocycles. The molecule has 5 heteroatoms. The highest BCUT2D eigenvalue weighted by atomic mass is 16.6. The molecule has 1 atom stereocenters. The molecule has 0 amide bonds. The van der Waals surface area contributed by atoms with Crippen LogP contribution in [-0.4, -0.2) is 41.3 Å². The number of furan rings is 1. The Labute approximate surface area is 142 Å². The Kier molecular flexibility index (Phi) is 4.65. The van der Waals surface area contributed by atoms with Gasteiger partial charge in [0.2, 0.25) is 0 Å². The molecule has 2 saturated heterocycles. The lowest BCUT2D eigenvalue weighted by Gasteiger charge is -2.38. The summed E-state index contributed by atoms with van der Waals surface area (Å²) >= 11 is 0. The summed E-state index contributed by atoms with van der Waals surface area (Å²) in [5, 5.41) is 0. The smallest absolute Gasteiger partial charge is 0.0947 e. The summed E-state index contributed by atoms with van der Waals surface area (Å²) in [6.07, 6.45) is 10.6. The van der Waals surface area contributed by atoms with Gasteiger partial charge in [-0.1, -0.05) is 0 Å². The van der Waals surface area contributed by atoms with Crippen molar-refractivity contribution >= 4 is 0 Å². The van der Waals surface area contributed by atoms with E-state index in [1.165, 1.54) is 11.1 Å². The van der Waals surface area contributed by atoms with Crippen LogP contribution in [0.5, 0.6) is 0 Å². The second kappa shape index (κ2) is 7.05. The number of rotatable bonds is 5. The van der Waals surface area contributed by atoms with Crippen LogP contribution in [0.4, 0.5) is 0 Å². The Morgan fingerprint density at radius 3 is 2.75 bits per heavy atom. The normalized spacial score (nSPS) is 23.8. The van der Waals surface area contributed by atoms with E-state index in [0.29, 0.717) is 13.2 Å². The Hall–Kier alpha value is -1.69. The zero-order valence-corrected chi connectivity index (χ0v) is 13.9. The molecular formula is C19H24N2O3. The lowest BCUT2D eigenvalue weighted by Crippen LogP contribution is -2.43. The molecule has 0 N–H and O–H groups in total. The van der Waals surface area contributed by atoms with Crippen LogP contribution in [-0.2, 0) is 22.6 Å². The Balaban J connectivity index is 1.24. The predicted molar refractivity (Wildman–Crippen MR) is 89.3 cm³/mol. The van der Waals surface area contributed by atoms with Gasteiger partial charge in [-0.2, -0.15) is 0 Å². The van der Waals surface area contributed by atoms with E-state index in [4.69, 9.17) is 13.9 Å². The lowest BCUT2D eigenvalue weighted by molar-refractivity contribution is -0.0468. The average Bonchev–Trinajstić information content (AvgIpc) is 3.27. The summed E-state index contributed by atoms with van der Waals surface area (Å²) in [6.45, 7) is 4.46. The van der Waals surface area contributed by atoms with Gasteiger partial charge in [0.05, 0.1) is 37.4 Å². The van der Waals surface area contributed by atoms with Crippen molar-refractivity contribution in [2.45, 2.75) is 44.1 Å². The van der Waals surface area contributed by atoms with Gasteiger partial charge in [0.15, 0.2) is 0 Å². The fourth-order valence-corrected chi connectivity index (χ4v) is 3.71. The van der Waals surface area contributed by atoms with Gasteiger partial charge in [-0.25, -0.2) is 0 Å². The zero-order chi connectivity index (χ0) is 16.2. The molecule has 2 aliphatic heterocycles. The van der Waals surface area contributed by atoms with Crippen molar-refractivity contribution in [3.63, 3.8) is 0 Å². The van der Waals surface area contributed by atoms with Crippen molar-refractivity contribution in [1.82, 2.24) is 9.88 Å². The third-order valence-corrected chi connectivity index (χ3v) is 5.16. The first-order chi connectivity index (χ1) is 11.8. The highest BCUT2D eigenvalue weighted by Gasteiger charge is 2.43. The number of nitrogens with zero attached hydrogens (tertiary/aromatic N) is 2. The summed E-state index contributed by atoms with van der Waals surface area (Å²) in [5.74, 6) is 0. The van der Waals surface area contributed by atoms with Gasteiger partial charge in [-0.15, -0.1) is 0 Å². The maximum absolute atomic E-state index is 6.18. The maximum Gasteiger partial charge on any atom is 0.0947 e. The molecule has 4 rings (SSSR count). The van der Waals surface area contributed by atoms with Crippen molar-refractivity contribution in [2.24, 2.45) is 0 Å². The first-order valence-electron chi connectivity index (χ1n) is 8.69. The van der Waals surface area contributed by atoms with Gasteiger partial charge in [0.25, 0.3) is 0 Å². The molecule has 0 unspecified atom stereocenters. The van der Waals surface area contributed by atoms with Crippen LogP contribution in [0, 0.1) is 0 Å². The predicted octanol–water partition coefficient (Wildman–Crippen LogP) is 3.01. The van der Waals surface area contributed by atoms with Gasteiger partial charge in [0, 0.05) is 44.0 Å². The van der Waals surface area contributed by atoms with Crippen LogP contribution in [0.3, 0.4) is 0 Å². The van der Waals surface area contributed by atoms with Crippen molar-refractivity contribution in [3.05, 3.63) is 54.2 Å². The molecule has 128 valence electrons. The number of pyridine rings is 1. The van der Waals surface area contributed by atoms with Gasteiger partial charge < -0.3 is 13.9 Å². The van der Waals surface area contributed by atoms with Crippen molar-refractivity contribution < 1.29 is 13.9 Å². The average molecular weight is 328 g/mol. The lowest BCUT2D eigenvalue weighted by atomic mass is 9.88. The Morgan fingerprint density at radius 2 is 2.00 bits per heavy atom. The summed E-state index contributed by atoms with van der Waals surface area (Å²) < 4.78 is 17.4. The quantitative estimate of drug-likeness (QED) is 0.844. The number of hydrogen-bond acceptors (Lipinski definition) is 5. The molecule has 0 aliphatic carbocycles. The largest absolute Gasteiger partial charge is 0.472 e. The fraction of sp³-hybridized carbons (Fsp3) is 0.526. The van der Waals surface area contributed by atoms with Crippen molar-refractivity contribution in [2.75, 3.05) is 19.7 Å². The van der Waals surface area contributed by atoms with E-state index in [1.807, 2.05) is 24.5 Å². The van der Waals surface area contributed by atoms with E-state index in [-0.39, 0.29) is 11.7 Å². The minimum atomic E-state index is 0.0236. The number of ether oxygens (including phenoxy) is 2. The molecule has 1 spiro atoms. The summed E-state index contributed by atoms with van der Waals surface area (Å²) in [4.78, 5) is 6.51. The Bertz CT molecular complexity index is 621. The third kappa shape index (κ3) is 3.69. The second-order valence-corrected chi connectivity index (χ2v) is 6.89. The maximum atomic E-state index is 6.18. The van der Waals surface area contributed by atoms with Gasteiger partial charge >= 0.3 is 0 Å². The zero-order valence-electron chi connectivity index (χ0n) is 13.9. The van der Waals surface area contributed by atoms with E-state index in [1.54, 1.807) is 18.7 Å². The highest BCUT2D eigenvalue weighted by Crippen LogP contribution is 2.37. The molecule has 2 aromatic rings. The highest BCUT2D eigenvalue weighted by molar-refractivity contribution is 5.08. The van der Waals surface area contributed by atoms with Crippen LogP contribution in [0.1, 0.15) is 30.4 Å². The molecular weight excluding hydrogens is 304 g/mol. The number of piperidine rings is 1. The molecule has 5 nitrogen and oxygen atoms in total. The second-order valence-electron chi connectivity index (χ2n) is 6.89. The van der Waals surface area contributed by atoms with Crippen LogP contribution in [0.25, 0.3) is 0 Å². The minimum Gasteiger partial charge on any atom is -0.472 e. The van der Waals surface area contributed by atoms with E-state index >= 15 is 0 Å². The van der Waals surface area contributed by atoms with E-state index in [2.05, 4.69) is 9.88 Å².